The number of guanidine groups is 1. The molecule has 0 saturated carbocycles. The summed E-state index contributed by atoms with van der Waals surface area (Å²) in [6.07, 6.45) is 0.282. The number of alkyl carbamates (subject to hydrolysis) is 1. The first-order valence-corrected chi connectivity index (χ1v) is 8.73. The number of hydrogen-bond donors (Lipinski definition) is 4. The third kappa shape index (κ3) is 15.3. The molecule has 0 unspecified atom stereocenters. The fourth-order valence-corrected chi connectivity index (χ4v) is 1.75. The number of aliphatic imine (C=N–C) groups is 1. The molecule has 8 heteroatoms. The molecule has 2 amide bonds. The van der Waals surface area contributed by atoms with Crippen molar-refractivity contribution in [1.29, 1.82) is 0 Å². The Labute approximate surface area is 151 Å². The molecule has 0 aromatic rings. The lowest BCUT2D eigenvalue weighted by Gasteiger charge is -2.20. The zero-order valence-corrected chi connectivity index (χ0v) is 16.7. The largest absolute Gasteiger partial charge is 0.444 e. The van der Waals surface area contributed by atoms with Gasteiger partial charge < -0.3 is 26.0 Å². The van der Waals surface area contributed by atoms with Gasteiger partial charge in [-0.2, -0.15) is 0 Å². The molecular formula is C17H35N5O3. The van der Waals surface area contributed by atoms with Crippen LogP contribution in [0.1, 0.15) is 54.9 Å². The molecule has 0 saturated heterocycles. The number of carbonyl (C=O) groups excluding carboxylic acids is 2. The lowest BCUT2D eigenvalue weighted by molar-refractivity contribution is -0.121. The summed E-state index contributed by atoms with van der Waals surface area (Å²) in [6.45, 7) is 15.1. The summed E-state index contributed by atoms with van der Waals surface area (Å²) in [7, 11) is 0. The van der Waals surface area contributed by atoms with E-state index in [-0.39, 0.29) is 18.0 Å². The van der Waals surface area contributed by atoms with Crippen LogP contribution >= 0.6 is 0 Å². The minimum absolute atomic E-state index is 0.0583. The van der Waals surface area contributed by atoms with Crippen LogP contribution in [0, 0.1) is 0 Å². The van der Waals surface area contributed by atoms with Crippen LogP contribution in [0.3, 0.4) is 0 Å². The van der Waals surface area contributed by atoms with Crippen LogP contribution in [0.2, 0.25) is 0 Å². The van der Waals surface area contributed by atoms with E-state index in [2.05, 4.69) is 26.3 Å². The maximum atomic E-state index is 11.8. The summed E-state index contributed by atoms with van der Waals surface area (Å²) in [6, 6.07) is 0. The predicted molar refractivity (Wildman–Crippen MR) is 101 cm³/mol. The molecule has 0 aromatic heterocycles. The Morgan fingerprint density at radius 3 is 2.08 bits per heavy atom. The molecular weight excluding hydrogens is 322 g/mol. The maximum Gasteiger partial charge on any atom is 0.407 e. The van der Waals surface area contributed by atoms with Gasteiger partial charge in [0.1, 0.15) is 12.1 Å². The van der Waals surface area contributed by atoms with Gasteiger partial charge in [-0.3, -0.25) is 4.79 Å². The highest BCUT2D eigenvalue weighted by molar-refractivity contribution is 5.85. The second-order valence-corrected chi connectivity index (χ2v) is 7.70. The molecule has 0 atom stereocenters. The van der Waals surface area contributed by atoms with Gasteiger partial charge in [0, 0.05) is 25.2 Å². The van der Waals surface area contributed by atoms with Crippen LogP contribution < -0.4 is 21.3 Å². The van der Waals surface area contributed by atoms with Gasteiger partial charge in [0.05, 0.1) is 0 Å². The number of hydrogen-bond acceptors (Lipinski definition) is 4. The Bertz CT molecular complexity index is 450. The normalized spacial score (nSPS) is 12.4. The fourth-order valence-electron chi connectivity index (χ4n) is 1.75. The molecule has 8 nitrogen and oxygen atoms in total. The molecule has 0 heterocycles. The summed E-state index contributed by atoms with van der Waals surface area (Å²) in [4.78, 5) is 27.6. The lowest BCUT2D eigenvalue weighted by Crippen LogP contribution is -2.43. The Morgan fingerprint density at radius 1 is 0.960 bits per heavy atom. The number of ether oxygens (including phenoxy) is 1. The Kier molecular flexibility index (Phi) is 9.93. The zero-order valence-electron chi connectivity index (χ0n) is 16.7. The molecule has 0 radical (unpaired) electrons. The highest BCUT2D eigenvalue weighted by Gasteiger charge is 2.15. The van der Waals surface area contributed by atoms with E-state index in [0.717, 1.165) is 0 Å². The lowest BCUT2D eigenvalue weighted by atomic mass is 10.1. The number of amides is 2. The predicted octanol–water partition coefficient (Wildman–Crippen LogP) is 1.37. The van der Waals surface area contributed by atoms with Crippen molar-refractivity contribution in [2.24, 2.45) is 4.99 Å². The van der Waals surface area contributed by atoms with E-state index in [9.17, 15) is 9.59 Å². The topological polar surface area (TPSA) is 104 Å². The van der Waals surface area contributed by atoms with Crippen LogP contribution in [0.15, 0.2) is 4.99 Å². The van der Waals surface area contributed by atoms with Crippen molar-refractivity contribution in [3.63, 3.8) is 0 Å². The summed E-state index contributed by atoms with van der Waals surface area (Å²) in [5.74, 6) is 0.445. The third-order valence-corrected chi connectivity index (χ3v) is 2.55. The van der Waals surface area contributed by atoms with Crippen LogP contribution in [-0.2, 0) is 9.53 Å². The van der Waals surface area contributed by atoms with E-state index in [4.69, 9.17) is 4.74 Å². The van der Waals surface area contributed by atoms with E-state index in [1.807, 2.05) is 48.5 Å². The Morgan fingerprint density at radius 2 is 1.56 bits per heavy atom. The first kappa shape index (κ1) is 23.0. The second-order valence-electron chi connectivity index (χ2n) is 7.70. The molecule has 0 aliphatic rings. The van der Waals surface area contributed by atoms with Gasteiger partial charge in [-0.1, -0.05) is 0 Å². The molecule has 0 aliphatic heterocycles. The van der Waals surface area contributed by atoms with Crippen molar-refractivity contribution in [1.82, 2.24) is 21.3 Å². The van der Waals surface area contributed by atoms with E-state index in [1.54, 1.807) is 0 Å². The molecule has 146 valence electrons. The van der Waals surface area contributed by atoms with E-state index in [1.165, 1.54) is 0 Å². The van der Waals surface area contributed by atoms with Gasteiger partial charge in [-0.25, -0.2) is 9.79 Å². The van der Waals surface area contributed by atoms with Crippen molar-refractivity contribution in [2.75, 3.05) is 26.2 Å². The third-order valence-electron chi connectivity index (χ3n) is 2.55. The van der Waals surface area contributed by atoms with Crippen LogP contribution in [0.25, 0.3) is 0 Å². The maximum absolute atomic E-state index is 11.8. The van der Waals surface area contributed by atoms with Gasteiger partial charge in [-0.05, 0) is 54.9 Å². The minimum atomic E-state index is -0.499. The standard InChI is InChI=1S/C17H35N5O3/c1-8-18-14(21-12-13(23)22-16(2,3)4)19-10-9-11-20-15(24)25-17(5,6)7/h8-12H2,1-7H3,(H,20,24)(H,22,23)(H2,18,19,21). The number of carbonyl (C=O) groups is 2. The number of rotatable bonds is 7. The van der Waals surface area contributed by atoms with Crippen molar-refractivity contribution < 1.29 is 14.3 Å². The van der Waals surface area contributed by atoms with Crippen molar-refractivity contribution in [3.8, 4) is 0 Å². The van der Waals surface area contributed by atoms with E-state index < -0.39 is 11.7 Å². The SMILES string of the molecule is CCNC(=NCC(=O)NC(C)(C)C)NCCCNC(=O)OC(C)(C)C. The average Bonchev–Trinajstić information content (AvgIpc) is 2.40. The molecule has 0 spiro atoms. The number of nitrogens with one attached hydrogen (secondary N) is 4. The number of nitrogens with zero attached hydrogens (tertiary/aromatic N) is 1. The summed E-state index contributed by atoms with van der Waals surface area (Å²) >= 11 is 0. The van der Waals surface area contributed by atoms with Crippen molar-refractivity contribution in [3.05, 3.63) is 0 Å². The van der Waals surface area contributed by atoms with Gasteiger partial charge in [0.15, 0.2) is 5.96 Å². The van der Waals surface area contributed by atoms with Gasteiger partial charge >= 0.3 is 6.09 Å². The second kappa shape index (κ2) is 10.8. The van der Waals surface area contributed by atoms with Gasteiger partial charge in [-0.15, -0.1) is 0 Å². The van der Waals surface area contributed by atoms with Crippen LogP contribution in [0.4, 0.5) is 4.79 Å². The summed E-state index contributed by atoms with van der Waals surface area (Å²) in [5.41, 5.74) is -0.771. The first-order valence-electron chi connectivity index (χ1n) is 8.73. The summed E-state index contributed by atoms with van der Waals surface area (Å²) in [5, 5.41) is 11.8. The van der Waals surface area contributed by atoms with E-state index in [0.29, 0.717) is 32.0 Å². The minimum Gasteiger partial charge on any atom is -0.444 e. The zero-order chi connectivity index (χ0) is 19.5. The Hall–Kier alpha value is -1.99. The monoisotopic (exact) mass is 357 g/mol. The molecule has 0 aromatic carbocycles. The van der Waals surface area contributed by atoms with Crippen molar-refractivity contribution in [2.45, 2.75) is 66.0 Å². The molecule has 0 rings (SSSR count). The first-order chi connectivity index (χ1) is 11.4. The average molecular weight is 357 g/mol. The molecule has 25 heavy (non-hydrogen) atoms. The molecule has 4 N–H and O–H groups in total. The van der Waals surface area contributed by atoms with Crippen LogP contribution in [-0.4, -0.2) is 55.3 Å². The van der Waals surface area contributed by atoms with Gasteiger partial charge in [0.25, 0.3) is 0 Å². The highest BCUT2D eigenvalue weighted by Crippen LogP contribution is 2.06. The molecule has 0 bridgehead atoms. The Balaban J connectivity index is 4.13. The molecule has 0 fully saturated rings. The smallest absolute Gasteiger partial charge is 0.407 e. The molecule has 0 aliphatic carbocycles. The summed E-state index contributed by atoms with van der Waals surface area (Å²) < 4.78 is 5.16. The van der Waals surface area contributed by atoms with Gasteiger partial charge in [0.2, 0.25) is 5.91 Å². The highest BCUT2D eigenvalue weighted by atomic mass is 16.6. The van der Waals surface area contributed by atoms with Crippen molar-refractivity contribution >= 4 is 18.0 Å². The quantitative estimate of drug-likeness (QED) is 0.313. The van der Waals surface area contributed by atoms with Crippen LogP contribution in [0.5, 0.6) is 0 Å². The fraction of sp³-hybridized carbons (Fsp3) is 0.824. The van der Waals surface area contributed by atoms with E-state index >= 15 is 0 Å².